The van der Waals surface area contributed by atoms with E-state index in [1.54, 1.807) is 93.6 Å². The third-order valence-corrected chi connectivity index (χ3v) is 16.1. The first-order valence-corrected chi connectivity index (χ1v) is 29.1. The van der Waals surface area contributed by atoms with E-state index in [4.69, 9.17) is 4.55 Å². The average Bonchev–Trinajstić information content (AvgIpc) is 3.44. The predicted molar refractivity (Wildman–Crippen MR) is 294 cm³/mol. The van der Waals surface area contributed by atoms with Crippen LogP contribution >= 0.6 is 0 Å². The summed E-state index contributed by atoms with van der Waals surface area (Å²) in [6.07, 6.45) is 0. The molecule has 0 bridgehead atoms. The van der Waals surface area contributed by atoms with Gasteiger partial charge in [-0.05, 0) is 133 Å². The van der Waals surface area contributed by atoms with Crippen LogP contribution < -0.4 is 16.0 Å². The van der Waals surface area contributed by atoms with E-state index in [1.807, 2.05) is 6.92 Å². The molecule has 0 radical (unpaired) electrons. The minimum absolute atomic E-state index is 0.0182. The molecule has 24 nitrogen and oxygen atoms in total. The molecule has 28 heteroatoms. The van der Waals surface area contributed by atoms with E-state index in [9.17, 15) is 53.0 Å². The molecule has 9 aromatic rings. The first kappa shape index (κ1) is 55.2. The molecule has 0 fully saturated rings. The minimum Gasteiger partial charge on any atom is -0.505 e. The van der Waals surface area contributed by atoms with E-state index in [0.717, 1.165) is 17.7 Å². The number of hydrogen-bond acceptors (Lipinski definition) is 21. The molecular formula is C51H44N10O14S4. The number of anilines is 6. The summed E-state index contributed by atoms with van der Waals surface area (Å²) in [5.41, 5.74) is 2.83. The maximum atomic E-state index is 13.1. The van der Waals surface area contributed by atoms with Crippen molar-refractivity contribution in [3.63, 3.8) is 0 Å². The van der Waals surface area contributed by atoms with Crippen LogP contribution in [0.3, 0.4) is 0 Å². The molecule has 406 valence electrons. The maximum absolute atomic E-state index is 13.1. The first-order valence-electron chi connectivity index (χ1n) is 23.2. The van der Waals surface area contributed by atoms with Gasteiger partial charge in [0.15, 0.2) is 21.3 Å². The lowest BCUT2D eigenvalue weighted by Crippen LogP contribution is -2.15. The highest BCUT2D eigenvalue weighted by Gasteiger charge is 2.24. The van der Waals surface area contributed by atoms with Gasteiger partial charge in [-0.3, -0.25) is 13.7 Å². The molecule has 0 spiro atoms. The third kappa shape index (κ3) is 12.2. The van der Waals surface area contributed by atoms with E-state index in [-0.39, 0.29) is 73.1 Å². The van der Waals surface area contributed by atoms with Crippen molar-refractivity contribution in [2.24, 2.45) is 20.5 Å². The van der Waals surface area contributed by atoms with Gasteiger partial charge in [-0.2, -0.15) is 45.3 Å². The Bertz CT molecular complexity index is 4510. The number of sulfone groups is 1. The molecule has 0 aliphatic heterocycles. The molecule has 8 aromatic carbocycles. The molecule has 1 aromatic heterocycles. The van der Waals surface area contributed by atoms with E-state index >= 15 is 0 Å². The molecule has 0 amide bonds. The molecule has 0 saturated carbocycles. The van der Waals surface area contributed by atoms with Crippen LogP contribution in [0.2, 0.25) is 0 Å². The van der Waals surface area contributed by atoms with E-state index < -0.39 is 68.4 Å². The largest absolute Gasteiger partial charge is 0.505 e. The summed E-state index contributed by atoms with van der Waals surface area (Å²) >= 11 is 0. The fraction of sp³-hybridized carbons (Fsp3) is 0.118. The van der Waals surface area contributed by atoms with Crippen molar-refractivity contribution in [1.82, 2.24) is 15.0 Å². The Morgan fingerprint density at radius 2 is 1.13 bits per heavy atom. The van der Waals surface area contributed by atoms with Crippen molar-refractivity contribution in [2.75, 3.05) is 28.3 Å². The van der Waals surface area contributed by atoms with Crippen LogP contribution in [0.1, 0.15) is 22.3 Å². The number of benzene rings is 8. The molecule has 79 heavy (non-hydrogen) atoms. The maximum Gasteiger partial charge on any atom is 0.397 e. The zero-order chi connectivity index (χ0) is 56.8. The van der Waals surface area contributed by atoms with Gasteiger partial charge in [-0.15, -0.1) is 15.3 Å². The normalized spacial score (nSPS) is 12.5. The Morgan fingerprint density at radius 3 is 1.80 bits per heavy atom. The number of nitrogens with zero attached hydrogens (tertiary/aromatic N) is 7. The van der Waals surface area contributed by atoms with Gasteiger partial charge in [0.2, 0.25) is 17.8 Å². The quantitative estimate of drug-likeness (QED) is 0.0310. The number of azo groups is 2. The number of phenolic OH excluding ortho intramolecular Hbond substituents is 2. The van der Waals surface area contributed by atoms with Crippen LogP contribution in [-0.4, -0.2) is 84.9 Å². The summed E-state index contributed by atoms with van der Waals surface area (Å²) < 4.78 is 132. The van der Waals surface area contributed by atoms with Gasteiger partial charge in [0.25, 0.3) is 20.2 Å². The summed E-state index contributed by atoms with van der Waals surface area (Å²) in [5.74, 6) is -2.11. The monoisotopic (exact) mass is 1150 g/mol. The highest BCUT2D eigenvalue weighted by Crippen LogP contribution is 2.46. The van der Waals surface area contributed by atoms with Crippen molar-refractivity contribution in [1.29, 1.82) is 0 Å². The van der Waals surface area contributed by atoms with E-state index in [0.29, 0.717) is 44.2 Å². The van der Waals surface area contributed by atoms with E-state index in [1.165, 1.54) is 36.4 Å². The zero-order valence-corrected chi connectivity index (χ0v) is 44.9. The van der Waals surface area contributed by atoms with Crippen molar-refractivity contribution >= 4 is 130 Å². The van der Waals surface area contributed by atoms with Crippen LogP contribution in [-0.2, 0) is 44.7 Å². The van der Waals surface area contributed by atoms with Crippen molar-refractivity contribution in [3.05, 3.63) is 144 Å². The summed E-state index contributed by atoms with van der Waals surface area (Å²) in [6.45, 7) is 5.95. The van der Waals surface area contributed by atoms with Gasteiger partial charge in [0.1, 0.15) is 22.0 Å². The second-order valence-electron chi connectivity index (χ2n) is 17.8. The molecule has 0 aliphatic carbocycles. The number of hydrogen-bond donors (Lipinski definition) is 8. The second kappa shape index (κ2) is 21.3. The summed E-state index contributed by atoms with van der Waals surface area (Å²) in [4.78, 5) is 12.0. The highest BCUT2D eigenvalue weighted by molar-refractivity contribution is 7.91. The molecule has 0 unspecified atom stereocenters. The topological polar surface area (TPSA) is 371 Å². The number of aromatic hydroxyl groups is 2. The number of phenols is 2. The van der Waals surface area contributed by atoms with Gasteiger partial charge in [-0.25, -0.2) is 12.6 Å². The molecule has 8 N–H and O–H groups in total. The number of fused-ring (bicyclic) bond motifs is 3. The van der Waals surface area contributed by atoms with Crippen LogP contribution in [0.25, 0.3) is 32.3 Å². The van der Waals surface area contributed by atoms with Gasteiger partial charge in [0.05, 0.1) is 33.5 Å². The summed E-state index contributed by atoms with van der Waals surface area (Å²) in [5, 5.41) is 51.5. The second-order valence-corrected chi connectivity index (χ2v) is 23.8. The molecule has 0 saturated heterocycles. The number of aryl methyl sites for hydroxylation is 4. The number of para-hydroxylation sites is 1. The lowest BCUT2D eigenvalue weighted by atomic mass is 9.99. The molecule has 1 heterocycles. The smallest absolute Gasteiger partial charge is 0.397 e. The minimum atomic E-state index is -4.90. The van der Waals surface area contributed by atoms with Crippen LogP contribution in [0.5, 0.6) is 11.5 Å². The average molecular weight is 1150 g/mol. The van der Waals surface area contributed by atoms with Gasteiger partial charge in [-0.1, -0.05) is 54.1 Å². The number of aromatic nitrogens is 3. The summed E-state index contributed by atoms with van der Waals surface area (Å²) in [7, 11) is -18.7. The third-order valence-electron chi connectivity index (χ3n) is 12.2. The van der Waals surface area contributed by atoms with Gasteiger partial charge in [0, 0.05) is 27.5 Å². The summed E-state index contributed by atoms with van der Waals surface area (Å²) in [6, 6.07) is 30.6. The first-order chi connectivity index (χ1) is 37.2. The fourth-order valence-corrected chi connectivity index (χ4v) is 11.4. The Kier molecular flexibility index (Phi) is 14.9. The molecule has 0 aliphatic rings. The standard InChI is InChI=1S/C51H44N10O14S4/c1-27-13-15-37-31(21-27)14-17-41(48(37)78(69,70)71)59-60-44-29(3)23-39-30(4)40(18-16-38(39)46(44)62)58-61-45-28(2)22-32-24-36(77(66,67)68)26-42(43(32)47(45)63)54-51-56-49(52-33-9-6-5-7-10-33)55-50(57-51)53-34-11-8-12-35(25-34)76(64,65)20-19-75-79(72,73)74/h5-18,21-26,62-63H,19-20H2,1-4H3,(H,66,67,68)(H,69,70,71)(H,72,73,74)(H3,52,53,54,55,56,57). The molecular weight excluding hydrogens is 1100 g/mol. The Labute approximate surface area is 451 Å². The lowest BCUT2D eigenvalue weighted by Gasteiger charge is -2.16. The number of nitrogens with one attached hydrogen (secondary N) is 3. The van der Waals surface area contributed by atoms with Crippen LogP contribution in [0, 0.1) is 27.7 Å². The van der Waals surface area contributed by atoms with Crippen LogP contribution in [0.4, 0.5) is 57.7 Å². The predicted octanol–water partition coefficient (Wildman–Crippen LogP) is 11.1. The van der Waals surface area contributed by atoms with Crippen LogP contribution in [0.15, 0.2) is 156 Å². The van der Waals surface area contributed by atoms with Gasteiger partial charge >= 0.3 is 10.4 Å². The Balaban J connectivity index is 1.07. The van der Waals surface area contributed by atoms with Crippen molar-refractivity contribution in [2.45, 2.75) is 42.4 Å². The Morgan fingerprint density at radius 1 is 0.519 bits per heavy atom. The lowest BCUT2D eigenvalue weighted by molar-refractivity contribution is 0.284. The SMILES string of the molecule is Cc1ccc2c(S(=O)(=O)O)c(N=Nc3c(C)cc4c(C)c(N=Nc5c(C)cc6cc(S(=O)(=O)O)cc(Nc7nc(Nc8ccccc8)nc(Nc8cccc(S(=O)(=O)CCOS(=O)(=O)O)c8)n7)c6c5O)ccc4c3O)ccc2c1. The Hall–Kier alpha value is -8.61. The van der Waals surface area contributed by atoms with Crippen molar-refractivity contribution < 1.29 is 61.7 Å². The number of rotatable bonds is 17. The van der Waals surface area contributed by atoms with Gasteiger partial charge < -0.3 is 26.2 Å². The fourth-order valence-electron chi connectivity index (χ4n) is 8.48. The molecule has 0 atom stereocenters. The highest BCUT2D eigenvalue weighted by atomic mass is 32.3. The van der Waals surface area contributed by atoms with E-state index in [2.05, 4.69) is 55.5 Å². The molecule has 9 rings (SSSR count). The zero-order valence-electron chi connectivity index (χ0n) is 41.6. The van der Waals surface area contributed by atoms with Crippen molar-refractivity contribution in [3.8, 4) is 11.5 Å².